The van der Waals surface area contributed by atoms with Crippen LogP contribution in [0.15, 0.2) is 36.5 Å². The van der Waals surface area contributed by atoms with E-state index in [4.69, 9.17) is 11.5 Å². The Balaban J connectivity index is 1.84. The molecule has 6 N–H and O–H groups in total. The van der Waals surface area contributed by atoms with Gasteiger partial charge in [-0.3, -0.25) is 4.79 Å². The van der Waals surface area contributed by atoms with Crippen molar-refractivity contribution in [1.82, 2.24) is 9.97 Å². The Labute approximate surface area is 149 Å². The molecule has 1 amide bonds. The summed E-state index contributed by atoms with van der Waals surface area (Å²) < 4.78 is 27.6. The number of nitrogens with two attached hydrogens (primary N) is 2. The minimum absolute atomic E-state index is 0.0438. The maximum Gasteiger partial charge on any atom is 0.271 e. The second-order valence-electron chi connectivity index (χ2n) is 6.24. The topological polar surface area (TPSA) is 119 Å². The van der Waals surface area contributed by atoms with E-state index >= 15 is 0 Å². The summed E-state index contributed by atoms with van der Waals surface area (Å²) in [5.74, 6) is -3.29. The van der Waals surface area contributed by atoms with Crippen LogP contribution >= 0.6 is 0 Å². The number of para-hydroxylation sites is 1. The SMILES string of the molecule is NC(=O)c1ncc(N[C@@H]2CCCC(F)(F)[C@@H]2N)nc1Nc1ccccc1. The van der Waals surface area contributed by atoms with E-state index in [1.54, 1.807) is 12.1 Å². The zero-order chi connectivity index (χ0) is 18.7. The van der Waals surface area contributed by atoms with Crippen LogP contribution in [0.1, 0.15) is 29.8 Å². The molecule has 0 unspecified atom stereocenters. The van der Waals surface area contributed by atoms with Gasteiger partial charge in [-0.15, -0.1) is 0 Å². The van der Waals surface area contributed by atoms with Crippen LogP contribution < -0.4 is 22.1 Å². The van der Waals surface area contributed by atoms with Gasteiger partial charge in [-0.05, 0) is 25.0 Å². The highest BCUT2D eigenvalue weighted by Crippen LogP contribution is 2.33. The lowest BCUT2D eigenvalue weighted by Gasteiger charge is -2.36. The number of amides is 1. The first kappa shape index (κ1) is 18.0. The van der Waals surface area contributed by atoms with Crippen LogP contribution in [-0.2, 0) is 0 Å². The molecule has 0 aliphatic heterocycles. The number of benzene rings is 1. The van der Waals surface area contributed by atoms with Crippen LogP contribution in [0.25, 0.3) is 0 Å². The molecule has 1 saturated carbocycles. The Bertz CT molecular complexity index is 786. The average Bonchev–Trinajstić information content (AvgIpc) is 2.60. The number of nitrogens with zero attached hydrogens (tertiary/aromatic N) is 2. The number of alkyl halides is 2. The summed E-state index contributed by atoms with van der Waals surface area (Å²) in [7, 11) is 0. The summed E-state index contributed by atoms with van der Waals surface area (Å²) in [6.07, 6.45) is 1.92. The molecular weight excluding hydrogens is 342 g/mol. The largest absolute Gasteiger partial charge is 0.364 e. The van der Waals surface area contributed by atoms with Gasteiger partial charge in [-0.1, -0.05) is 18.2 Å². The molecular formula is C17H20F2N6O. The summed E-state index contributed by atoms with van der Waals surface area (Å²) in [6.45, 7) is 0. The first-order valence-corrected chi connectivity index (χ1v) is 8.25. The molecule has 1 heterocycles. The number of rotatable bonds is 5. The summed E-state index contributed by atoms with van der Waals surface area (Å²) in [5.41, 5.74) is 11.7. The third-order valence-corrected chi connectivity index (χ3v) is 4.32. The molecule has 9 heteroatoms. The summed E-state index contributed by atoms with van der Waals surface area (Å²) in [5, 5.41) is 5.87. The number of aromatic nitrogens is 2. The molecule has 7 nitrogen and oxygen atoms in total. The summed E-state index contributed by atoms with van der Waals surface area (Å²) in [6, 6.07) is 7.06. The van der Waals surface area contributed by atoms with Crippen molar-refractivity contribution in [3.8, 4) is 0 Å². The van der Waals surface area contributed by atoms with E-state index in [1.165, 1.54) is 6.20 Å². The van der Waals surface area contributed by atoms with Crippen LogP contribution in [0.2, 0.25) is 0 Å². The van der Waals surface area contributed by atoms with Gasteiger partial charge in [-0.2, -0.15) is 0 Å². The highest BCUT2D eigenvalue weighted by molar-refractivity contribution is 5.96. The van der Waals surface area contributed by atoms with Crippen molar-refractivity contribution in [1.29, 1.82) is 0 Å². The quantitative estimate of drug-likeness (QED) is 0.648. The highest BCUT2D eigenvalue weighted by Gasteiger charge is 2.44. The van der Waals surface area contributed by atoms with Crippen LogP contribution in [0.3, 0.4) is 0 Å². The highest BCUT2D eigenvalue weighted by atomic mass is 19.3. The van der Waals surface area contributed by atoms with Crippen molar-refractivity contribution in [2.75, 3.05) is 10.6 Å². The van der Waals surface area contributed by atoms with Crippen molar-refractivity contribution < 1.29 is 13.6 Å². The Morgan fingerprint density at radius 3 is 2.69 bits per heavy atom. The van der Waals surface area contributed by atoms with Gasteiger partial charge in [0.05, 0.1) is 12.2 Å². The van der Waals surface area contributed by atoms with Gasteiger partial charge in [0.1, 0.15) is 5.82 Å². The van der Waals surface area contributed by atoms with Crippen LogP contribution in [0.4, 0.5) is 26.1 Å². The zero-order valence-electron chi connectivity index (χ0n) is 14.0. The molecule has 0 saturated heterocycles. The number of hydrogen-bond acceptors (Lipinski definition) is 6. The summed E-state index contributed by atoms with van der Waals surface area (Å²) >= 11 is 0. The predicted octanol–water partition coefficient (Wildman–Crippen LogP) is 2.25. The van der Waals surface area contributed by atoms with Crippen LogP contribution in [0.5, 0.6) is 0 Å². The van der Waals surface area contributed by atoms with Gasteiger partial charge in [0.15, 0.2) is 11.5 Å². The number of carbonyl (C=O) groups excluding carboxylic acids is 1. The molecule has 3 rings (SSSR count). The molecule has 2 aromatic rings. The standard InChI is InChI=1S/C17H20F2N6O/c18-17(19)8-4-7-11(14(17)20)24-12-9-22-13(15(21)26)16(25-12)23-10-5-2-1-3-6-10/h1-3,5-6,9,11,14H,4,7-8,20H2,(H2,21,26)(H2,23,24,25)/t11-,14-/m1/s1. The van der Waals surface area contributed by atoms with Crippen molar-refractivity contribution in [3.05, 3.63) is 42.2 Å². The Morgan fingerprint density at radius 1 is 1.27 bits per heavy atom. The second kappa shape index (κ2) is 7.20. The van der Waals surface area contributed by atoms with E-state index in [-0.39, 0.29) is 23.8 Å². The van der Waals surface area contributed by atoms with Gasteiger partial charge < -0.3 is 22.1 Å². The average molecular weight is 362 g/mol. The van der Waals surface area contributed by atoms with E-state index in [2.05, 4.69) is 20.6 Å². The van der Waals surface area contributed by atoms with Gasteiger partial charge >= 0.3 is 0 Å². The number of halogens is 2. The predicted molar refractivity (Wildman–Crippen MR) is 94.5 cm³/mol. The maximum absolute atomic E-state index is 13.8. The minimum Gasteiger partial charge on any atom is -0.364 e. The lowest BCUT2D eigenvalue weighted by Crippen LogP contribution is -2.55. The third-order valence-electron chi connectivity index (χ3n) is 4.32. The van der Waals surface area contributed by atoms with E-state index < -0.39 is 23.9 Å². The molecule has 0 radical (unpaired) electrons. The molecule has 1 aromatic carbocycles. The maximum atomic E-state index is 13.8. The number of anilines is 3. The second-order valence-corrected chi connectivity index (χ2v) is 6.24. The van der Waals surface area contributed by atoms with Crippen molar-refractivity contribution in [3.63, 3.8) is 0 Å². The van der Waals surface area contributed by atoms with Gasteiger partial charge in [0, 0.05) is 18.2 Å². The molecule has 1 fully saturated rings. The van der Waals surface area contributed by atoms with Crippen LogP contribution in [-0.4, -0.2) is 33.9 Å². The number of primary amides is 1. The molecule has 138 valence electrons. The Hall–Kier alpha value is -2.81. The molecule has 0 bridgehead atoms. The number of hydrogen-bond donors (Lipinski definition) is 4. The lowest BCUT2D eigenvalue weighted by molar-refractivity contribution is -0.0554. The minimum atomic E-state index is -2.93. The molecule has 0 spiro atoms. The Kier molecular flexibility index (Phi) is 4.99. The molecule has 2 atom stereocenters. The monoisotopic (exact) mass is 362 g/mol. The molecule has 26 heavy (non-hydrogen) atoms. The van der Waals surface area contributed by atoms with Crippen molar-refractivity contribution in [2.45, 2.75) is 37.3 Å². The van der Waals surface area contributed by atoms with Gasteiger partial charge in [0.2, 0.25) is 0 Å². The van der Waals surface area contributed by atoms with Gasteiger partial charge in [-0.25, -0.2) is 18.7 Å². The summed E-state index contributed by atoms with van der Waals surface area (Å²) in [4.78, 5) is 19.9. The van der Waals surface area contributed by atoms with E-state index in [0.717, 1.165) is 0 Å². The molecule has 1 aliphatic rings. The number of carbonyl (C=O) groups is 1. The molecule has 1 aromatic heterocycles. The number of nitrogens with one attached hydrogen (secondary N) is 2. The molecule has 1 aliphatic carbocycles. The Morgan fingerprint density at radius 2 is 2.00 bits per heavy atom. The first-order valence-electron chi connectivity index (χ1n) is 8.25. The smallest absolute Gasteiger partial charge is 0.271 e. The normalized spacial score (nSPS) is 21.8. The van der Waals surface area contributed by atoms with Gasteiger partial charge in [0.25, 0.3) is 11.8 Å². The fourth-order valence-corrected chi connectivity index (χ4v) is 2.93. The fourth-order valence-electron chi connectivity index (χ4n) is 2.93. The van der Waals surface area contributed by atoms with E-state index in [0.29, 0.717) is 18.5 Å². The van der Waals surface area contributed by atoms with Crippen LogP contribution in [0, 0.1) is 0 Å². The lowest BCUT2D eigenvalue weighted by atomic mass is 9.87. The zero-order valence-corrected chi connectivity index (χ0v) is 14.0. The van der Waals surface area contributed by atoms with Crippen molar-refractivity contribution in [2.24, 2.45) is 11.5 Å². The third kappa shape index (κ3) is 3.88. The van der Waals surface area contributed by atoms with E-state index in [9.17, 15) is 13.6 Å². The van der Waals surface area contributed by atoms with Crippen molar-refractivity contribution >= 4 is 23.2 Å². The van der Waals surface area contributed by atoms with E-state index in [1.807, 2.05) is 18.2 Å². The fraction of sp³-hybridized carbons (Fsp3) is 0.353. The first-order chi connectivity index (χ1) is 12.4.